The van der Waals surface area contributed by atoms with Crippen molar-refractivity contribution in [3.8, 4) is 5.69 Å². The molecule has 158 valence electrons. The molecule has 6 nitrogen and oxygen atoms in total. The number of nitrogens with zero attached hydrogens (tertiary/aromatic N) is 5. The summed E-state index contributed by atoms with van der Waals surface area (Å²) in [6, 6.07) is 9.46. The van der Waals surface area contributed by atoms with E-state index in [0.717, 1.165) is 12.1 Å². The average molecular weight is 458 g/mol. The molecule has 30 heavy (non-hydrogen) atoms. The summed E-state index contributed by atoms with van der Waals surface area (Å²) in [5.74, 6) is 0.348. The fourth-order valence-electron chi connectivity index (χ4n) is 3.42. The second-order valence-corrected chi connectivity index (χ2v) is 7.56. The molecule has 4 rings (SSSR count). The van der Waals surface area contributed by atoms with E-state index in [4.69, 9.17) is 27.9 Å². The van der Waals surface area contributed by atoms with Gasteiger partial charge in [-0.3, -0.25) is 4.90 Å². The molecule has 1 atom stereocenters. The molecule has 2 aromatic carbocycles. The Morgan fingerprint density at radius 1 is 1.03 bits per heavy atom. The maximum absolute atomic E-state index is 13.2. The van der Waals surface area contributed by atoms with Gasteiger partial charge in [0.1, 0.15) is 0 Å². The fraction of sp³-hybridized carbons (Fsp3) is 0.316. The summed E-state index contributed by atoms with van der Waals surface area (Å²) < 4.78 is 46.4. The molecule has 0 saturated carbocycles. The Balaban J connectivity index is 1.83. The van der Waals surface area contributed by atoms with E-state index in [1.165, 1.54) is 16.8 Å². The summed E-state index contributed by atoms with van der Waals surface area (Å²) in [5, 5.41) is 12.7. The number of hydrogen-bond acceptors (Lipinski definition) is 5. The van der Waals surface area contributed by atoms with E-state index >= 15 is 0 Å². The minimum atomic E-state index is -4.48. The van der Waals surface area contributed by atoms with Crippen LogP contribution in [0.2, 0.25) is 10.0 Å². The highest BCUT2D eigenvalue weighted by atomic mass is 35.5. The maximum Gasteiger partial charge on any atom is 0.416 e. The molecule has 0 amide bonds. The molecule has 0 N–H and O–H groups in total. The Morgan fingerprint density at radius 3 is 2.50 bits per heavy atom. The number of halogens is 5. The van der Waals surface area contributed by atoms with Gasteiger partial charge in [0.15, 0.2) is 5.82 Å². The van der Waals surface area contributed by atoms with E-state index in [1.54, 1.807) is 18.2 Å². The van der Waals surface area contributed by atoms with Gasteiger partial charge >= 0.3 is 6.18 Å². The van der Waals surface area contributed by atoms with Crippen molar-refractivity contribution in [1.82, 2.24) is 25.1 Å². The summed E-state index contributed by atoms with van der Waals surface area (Å²) >= 11 is 12.5. The van der Waals surface area contributed by atoms with Crippen LogP contribution in [-0.2, 0) is 10.9 Å². The minimum absolute atomic E-state index is 0.202. The molecular formula is C19H16Cl2F3N5O. The number of hydrogen-bond donors (Lipinski definition) is 0. The lowest BCUT2D eigenvalue weighted by atomic mass is 10.0. The largest absolute Gasteiger partial charge is 0.416 e. The molecule has 0 aliphatic carbocycles. The van der Waals surface area contributed by atoms with Crippen LogP contribution in [0.3, 0.4) is 0 Å². The Labute approximate surface area is 180 Å². The second kappa shape index (κ2) is 8.50. The van der Waals surface area contributed by atoms with Crippen LogP contribution in [0.4, 0.5) is 13.2 Å². The van der Waals surface area contributed by atoms with Crippen molar-refractivity contribution in [2.75, 3.05) is 26.3 Å². The Kier molecular flexibility index (Phi) is 5.97. The first-order valence-corrected chi connectivity index (χ1v) is 9.83. The van der Waals surface area contributed by atoms with E-state index in [1.807, 2.05) is 0 Å². The van der Waals surface area contributed by atoms with Crippen LogP contribution >= 0.6 is 23.2 Å². The molecule has 1 aliphatic heterocycles. The van der Waals surface area contributed by atoms with Crippen LogP contribution in [-0.4, -0.2) is 51.4 Å². The van der Waals surface area contributed by atoms with Crippen LogP contribution in [0, 0.1) is 0 Å². The predicted molar refractivity (Wildman–Crippen MR) is 105 cm³/mol. The number of tetrazole rings is 1. The smallest absolute Gasteiger partial charge is 0.379 e. The number of alkyl halides is 3. The average Bonchev–Trinajstić information content (AvgIpc) is 3.19. The summed E-state index contributed by atoms with van der Waals surface area (Å²) in [6.07, 6.45) is -4.48. The van der Waals surface area contributed by atoms with Crippen molar-refractivity contribution in [2.45, 2.75) is 12.2 Å². The lowest BCUT2D eigenvalue weighted by Gasteiger charge is -2.34. The zero-order valence-corrected chi connectivity index (χ0v) is 17.0. The van der Waals surface area contributed by atoms with Gasteiger partial charge in [-0.1, -0.05) is 35.3 Å². The lowest BCUT2D eigenvalue weighted by molar-refractivity contribution is -0.137. The van der Waals surface area contributed by atoms with Gasteiger partial charge in [0, 0.05) is 23.1 Å². The SMILES string of the molecule is FC(F)(F)c1cccc(-n2nnnc2[C@H](c2ccc(Cl)cc2Cl)N2CCOCC2)c1. The molecule has 0 unspecified atom stereocenters. The van der Waals surface area contributed by atoms with Gasteiger partial charge in [-0.05, 0) is 46.3 Å². The third-order valence-corrected chi connectivity index (χ3v) is 5.39. The van der Waals surface area contributed by atoms with Crippen molar-refractivity contribution in [1.29, 1.82) is 0 Å². The zero-order valence-electron chi connectivity index (χ0n) is 15.5. The summed E-state index contributed by atoms with van der Waals surface area (Å²) in [5.41, 5.74) is 0.119. The fourth-order valence-corrected chi connectivity index (χ4v) is 3.93. The summed E-state index contributed by atoms with van der Waals surface area (Å²) in [6.45, 7) is 2.18. The predicted octanol–water partition coefficient (Wildman–Crippen LogP) is 4.41. The van der Waals surface area contributed by atoms with Crippen LogP contribution in [0.1, 0.15) is 23.0 Å². The van der Waals surface area contributed by atoms with Gasteiger partial charge in [-0.25, -0.2) is 0 Å². The number of ether oxygens (including phenoxy) is 1. The molecule has 2 heterocycles. The first kappa shape index (κ1) is 21.0. The van der Waals surface area contributed by atoms with E-state index in [2.05, 4.69) is 20.4 Å². The lowest BCUT2D eigenvalue weighted by Crippen LogP contribution is -2.40. The molecule has 3 aromatic rings. The highest BCUT2D eigenvalue weighted by molar-refractivity contribution is 6.35. The van der Waals surface area contributed by atoms with Crippen LogP contribution < -0.4 is 0 Å². The van der Waals surface area contributed by atoms with Crippen LogP contribution in [0.25, 0.3) is 5.69 Å². The van der Waals surface area contributed by atoms with Gasteiger partial charge in [0.25, 0.3) is 0 Å². The minimum Gasteiger partial charge on any atom is -0.379 e. The topological polar surface area (TPSA) is 56.1 Å². The third-order valence-electron chi connectivity index (χ3n) is 4.82. The highest BCUT2D eigenvalue weighted by Crippen LogP contribution is 2.36. The second-order valence-electron chi connectivity index (χ2n) is 6.71. The molecule has 1 saturated heterocycles. The van der Waals surface area contributed by atoms with Gasteiger partial charge in [-0.15, -0.1) is 5.10 Å². The maximum atomic E-state index is 13.2. The number of benzene rings is 2. The van der Waals surface area contributed by atoms with E-state index in [9.17, 15) is 13.2 Å². The van der Waals surface area contributed by atoms with Gasteiger partial charge in [0.05, 0.1) is 30.5 Å². The van der Waals surface area contributed by atoms with Crippen molar-refractivity contribution in [3.63, 3.8) is 0 Å². The van der Waals surface area contributed by atoms with E-state index in [-0.39, 0.29) is 5.69 Å². The molecule has 0 radical (unpaired) electrons. The molecule has 0 bridgehead atoms. The number of aromatic nitrogens is 4. The third kappa shape index (κ3) is 4.29. The van der Waals surface area contributed by atoms with Crippen LogP contribution in [0.15, 0.2) is 42.5 Å². The summed E-state index contributed by atoms with van der Waals surface area (Å²) in [4.78, 5) is 2.08. The van der Waals surface area contributed by atoms with Gasteiger partial charge in [-0.2, -0.15) is 17.9 Å². The quantitative estimate of drug-likeness (QED) is 0.580. The van der Waals surface area contributed by atoms with Crippen molar-refractivity contribution >= 4 is 23.2 Å². The number of morpholine rings is 1. The normalized spacial score (nSPS) is 16.6. The number of rotatable bonds is 4. The molecule has 1 aliphatic rings. The van der Waals surface area contributed by atoms with Crippen molar-refractivity contribution in [2.24, 2.45) is 0 Å². The molecule has 11 heteroatoms. The van der Waals surface area contributed by atoms with E-state index < -0.39 is 17.8 Å². The molecule has 1 aromatic heterocycles. The zero-order chi connectivity index (χ0) is 21.3. The Bertz CT molecular complexity index is 1040. The van der Waals surface area contributed by atoms with E-state index in [0.29, 0.717) is 47.7 Å². The first-order valence-electron chi connectivity index (χ1n) is 9.07. The monoisotopic (exact) mass is 457 g/mol. The highest BCUT2D eigenvalue weighted by Gasteiger charge is 2.33. The molecular weight excluding hydrogens is 442 g/mol. The van der Waals surface area contributed by atoms with Gasteiger partial charge < -0.3 is 4.74 Å². The standard InChI is InChI=1S/C19H16Cl2F3N5O/c20-13-4-5-15(16(21)11-13)17(28-6-8-30-9-7-28)18-25-26-27-29(18)14-3-1-2-12(10-14)19(22,23)24/h1-5,10-11,17H,6-9H2/t17-/m0/s1. The van der Waals surface area contributed by atoms with Crippen LogP contribution in [0.5, 0.6) is 0 Å². The van der Waals surface area contributed by atoms with Crippen molar-refractivity contribution in [3.05, 3.63) is 69.5 Å². The molecule has 0 spiro atoms. The first-order chi connectivity index (χ1) is 14.3. The summed E-state index contributed by atoms with van der Waals surface area (Å²) in [7, 11) is 0. The van der Waals surface area contributed by atoms with Gasteiger partial charge in [0.2, 0.25) is 0 Å². The van der Waals surface area contributed by atoms with Crippen molar-refractivity contribution < 1.29 is 17.9 Å². The Hall–Kier alpha value is -2.20. The molecule has 1 fully saturated rings. The Morgan fingerprint density at radius 2 is 1.80 bits per heavy atom.